The minimum Gasteiger partial charge on any atom is -0.167 e. The van der Waals surface area contributed by atoms with Gasteiger partial charge in [0, 0.05) is 0 Å². The van der Waals surface area contributed by atoms with Crippen LogP contribution in [0.25, 0.3) is 0 Å². The van der Waals surface area contributed by atoms with Gasteiger partial charge in [-0.2, -0.15) is 10.0 Å². The lowest BCUT2D eigenvalue weighted by Gasteiger charge is -2.41. The molecule has 1 heteroatoms. The highest BCUT2D eigenvalue weighted by Crippen LogP contribution is 2.67. The quantitative estimate of drug-likeness (QED) is 0.648. The van der Waals surface area contributed by atoms with E-state index in [0.717, 1.165) is 0 Å². The second kappa shape index (κ2) is 5.88. The van der Waals surface area contributed by atoms with Gasteiger partial charge in [0.1, 0.15) is 0 Å². The van der Waals surface area contributed by atoms with Gasteiger partial charge in [-0.05, 0) is 70.9 Å². The average Bonchev–Trinajstić information content (AvgIpc) is 2.56. The molecule has 1 aliphatic rings. The first kappa shape index (κ1) is 13.5. The summed E-state index contributed by atoms with van der Waals surface area (Å²) in [6, 6.07) is 22.1. The molecule has 0 aliphatic heterocycles. The number of hydrogen-bond acceptors (Lipinski definition) is 0. The highest BCUT2D eigenvalue weighted by atomic mass is 32.3. The van der Waals surface area contributed by atoms with Crippen molar-refractivity contribution >= 4 is 10.0 Å². The van der Waals surface area contributed by atoms with E-state index in [9.17, 15) is 0 Å². The van der Waals surface area contributed by atoms with Gasteiger partial charge >= 0.3 is 0 Å². The summed E-state index contributed by atoms with van der Waals surface area (Å²) in [6.45, 7) is 0. The van der Waals surface area contributed by atoms with Crippen LogP contribution in [-0.4, -0.2) is 6.26 Å². The van der Waals surface area contributed by atoms with Crippen molar-refractivity contribution in [2.24, 2.45) is 0 Å². The van der Waals surface area contributed by atoms with E-state index in [1.807, 2.05) is 0 Å². The number of hydrogen-bond donors (Lipinski definition) is 0. The lowest BCUT2D eigenvalue weighted by atomic mass is 10.1. The van der Waals surface area contributed by atoms with Crippen molar-refractivity contribution in [1.29, 1.82) is 0 Å². The van der Waals surface area contributed by atoms with Crippen LogP contribution in [0.5, 0.6) is 0 Å². The Bertz CT molecular complexity index is 544. The Morgan fingerprint density at radius 2 is 1.30 bits per heavy atom. The first-order chi connectivity index (χ1) is 9.82. The van der Waals surface area contributed by atoms with Crippen LogP contribution in [0.2, 0.25) is 0 Å². The van der Waals surface area contributed by atoms with Crippen molar-refractivity contribution in [3.63, 3.8) is 0 Å². The van der Waals surface area contributed by atoms with Gasteiger partial charge in [0.2, 0.25) is 0 Å². The zero-order valence-corrected chi connectivity index (χ0v) is 12.9. The molecule has 0 aromatic heterocycles. The largest absolute Gasteiger partial charge is 0.167 e. The van der Waals surface area contributed by atoms with E-state index in [2.05, 4.69) is 73.0 Å². The zero-order valence-electron chi connectivity index (χ0n) is 12.1. The van der Waals surface area contributed by atoms with Crippen molar-refractivity contribution in [3.05, 3.63) is 71.6 Å². The molecule has 0 N–H and O–H groups in total. The maximum absolute atomic E-state index is 2.51. The summed E-state index contributed by atoms with van der Waals surface area (Å²) in [6.07, 6.45) is 10.2. The SMILES string of the molecule is CS(C1=CCCCC1)(c1ccccc1)c1ccccc1. The van der Waals surface area contributed by atoms with Gasteiger partial charge in [0.05, 0.1) is 0 Å². The third-order valence-electron chi connectivity index (χ3n) is 4.20. The topological polar surface area (TPSA) is 0 Å². The summed E-state index contributed by atoms with van der Waals surface area (Å²) in [4.78, 5) is 4.64. The summed E-state index contributed by atoms with van der Waals surface area (Å²) >= 11 is 0. The van der Waals surface area contributed by atoms with Gasteiger partial charge in [0.15, 0.2) is 0 Å². The fourth-order valence-electron chi connectivity index (χ4n) is 3.00. The summed E-state index contributed by atoms with van der Waals surface area (Å²) in [7, 11) is -1.04. The number of rotatable bonds is 3. The molecule has 0 amide bonds. The van der Waals surface area contributed by atoms with Crippen LogP contribution < -0.4 is 0 Å². The molecule has 1 aliphatic carbocycles. The predicted octanol–water partition coefficient (Wildman–Crippen LogP) is 6.00. The summed E-state index contributed by atoms with van der Waals surface area (Å²) in [5.74, 6) is 0. The molecule has 3 rings (SSSR count). The molecule has 0 saturated carbocycles. The molecule has 2 aromatic carbocycles. The minimum absolute atomic E-state index is 1.04. The molecule has 0 unspecified atom stereocenters. The molecular weight excluding hydrogens is 260 g/mol. The van der Waals surface area contributed by atoms with Gasteiger partial charge in [-0.3, -0.25) is 0 Å². The molecule has 0 fully saturated rings. The number of benzene rings is 2. The van der Waals surface area contributed by atoms with Crippen molar-refractivity contribution in [2.45, 2.75) is 35.5 Å². The lowest BCUT2D eigenvalue weighted by Crippen LogP contribution is -2.06. The molecule has 20 heavy (non-hydrogen) atoms. The molecule has 0 bridgehead atoms. The minimum atomic E-state index is -1.04. The van der Waals surface area contributed by atoms with E-state index < -0.39 is 10.0 Å². The molecule has 0 spiro atoms. The van der Waals surface area contributed by atoms with Crippen molar-refractivity contribution in [2.75, 3.05) is 6.26 Å². The second-order valence-corrected chi connectivity index (χ2v) is 8.77. The molecule has 0 atom stereocenters. The third-order valence-corrected chi connectivity index (χ3v) is 8.05. The first-order valence-electron chi connectivity index (χ1n) is 7.39. The molecule has 2 aromatic rings. The second-order valence-electron chi connectivity index (χ2n) is 5.46. The fraction of sp³-hybridized carbons (Fsp3) is 0.263. The van der Waals surface area contributed by atoms with Crippen LogP contribution in [0.15, 0.2) is 81.4 Å². The van der Waals surface area contributed by atoms with Crippen LogP contribution in [0.4, 0.5) is 0 Å². The average molecular weight is 282 g/mol. The Labute approximate surface area is 123 Å². The van der Waals surface area contributed by atoms with Gasteiger partial charge in [-0.1, -0.05) is 42.5 Å². The Morgan fingerprint density at radius 1 is 0.750 bits per heavy atom. The smallest absolute Gasteiger partial charge is 0.00241 e. The third kappa shape index (κ3) is 2.43. The first-order valence-corrected chi connectivity index (χ1v) is 9.43. The predicted molar refractivity (Wildman–Crippen MR) is 89.5 cm³/mol. The molecule has 0 radical (unpaired) electrons. The Hall–Kier alpha value is -1.47. The fourth-order valence-corrected chi connectivity index (χ4v) is 6.29. The van der Waals surface area contributed by atoms with Crippen molar-refractivity contribution < 1.29 is 0 Å². The maximum Gasteiger partial charge on any atom is -0.00241 e. The zero-order chi connectivity index (χ0) is 13.8. The van der Waals surface area contributed by atoms with Crippen LogP contribution >= 0.6 is 10.0 Å². The van der Waals surface area contributed by atoms with Gasteiger partial charge < -0.3 is 0 Å². The summed E-state index contributed by atoms with van der Waals surface area (Å²) in [5, 5.41) is 0. The van der Waals surface area contributed by atoms with Crippen LogP contribution in [0.1, 0.15) is 25.7 Å². The Balaban J connectivity index is 2.15. The van der Waals surface area contributed by atoms with E-state index in [0.29, 0.717) is 0 Å². The van der Waals surface area contributed by atoms with Crippen LogP contribution in [-0.2, 0) is 0 Å². The molecule has 0 saturated heterocycles. The van der Waals surface area contributed by atoms with E-state index in [1.165, 1.54) is 35.5 Å². The number of allylic oxidation sites excluding steroid dienone is 2. The monoisotopic (exact) mass is 282 g/mol. The van der Waals surface area contributed by atoms with Gasteiger partial charge in [-0.25, -0.2) is 0 Å². The van der Waals surface area contributed by atoms with Crippen molar-refractivity contribution in [3.8, 4) is 0 Å². The maximum atomic E-state index is 2.51. The van der Waals surface area contributed by atoms with E-state index in [-0.39, 0.29) is 0 Å². The van der Waals surface area contributed by atoms with Crippen LogP contribution in [0.3, 0.4) is 0 Å². The van der Waals surface area contributed by atoms with E-state index >= 15 is 0 Å². The van der Waals surface area contributed by atoms with Gasteiger partial charge in [-0.15, -0.1) is 0 Å². The highest BCUT2D eigenvalue weighted by Gasteiger charge is 2.28. The Kier molecular flexibility index (Phi) is 3.98. The molecule has 0 heterocycles. The van der Waals surface area contributed by atoms with Gasteiger partial charge in [0.25, 0.3) is 0 Å². The standard InChI is InChI=1S/C19H22S/c1-20(17-11-5-2-6-12-17,18-13-7-3-8-14-18)19-15-9-4-10-16-19/h2-3,5-8,11-15H,4,9-10,16H2,1H3. The Morgan fingerprint density at radius 3 is 1.75 bits per heavy atom. The van der Waals surface area contributed by atoms with E-state index in [4.69, 9.17) is 0 Å². The normalized spacial score (nSPS) is 16.6. The van der Waals surface area contributed by atoms with E-state index in [1.54, 1.807) is 4.91 Å². The molecule has 104 valence electrons. The lowest BCUT2D eigenvalue weighted by molar-refractivity contribution is 0.721. The van der Waals surface area contributed by atoms with Crippen molar-refractivity contribution in [1.82, 2.24) is 0 Å². The highest BCUT2D eigenvalue weighted by molar-refractivity contribution is 8.36. The molecule has 0 nitrogen and oxygen atoms in total. The molecular formula is C19H22S. The summed E-state index contributed by atoms with van der Waals surface area (Å²) in [5.41, 5.74) is 0. The summed E-state index contributed by atoms with van der Waals surface area (Å²) < 4.78 is 0. The van der Waals surface area contributed by atoms with Crippen LogP contribution in [0, 0.1) is 0 Å².